The number of esters is 1. The summed E-state index contributed by atoms with van der Waals surface area (Å²) in [5.41, 5.74) is 0. The van der Waals surface area contributed by atoms with Crippen molar-refractivity contribution in [2.24, 2.45) is 0 Å². The van der Waals surface area contributed by atoms with Crippen LogP contribution in [-0.4, -0.2) is 46.1 Å². The van der Waals surface area contributed by atoms with E-state index in [1.54, 1.807) is 0 Å². The quantitative estimate of drug-likeness (QED) is 0.546. The Morgan fingerprint density at radius 3 is 2.72 bits per heavy atom. The fourth-order valence-electron chi connectivity index (χ4n) is 3.68. The van der Waals surface area contributed by atoms with Crippen LogP contribution >= 0.6 is 11.8 Å². The molecule has 25 heavy (non-hydrogen) atoms. The predicted octanol–water partition coefficient (Wildman–Crippen LogP) is 2.89. The van der Waals surface area contributed by atoms with Gasteiger partial charge in [0, 0.05) is 25.0 Å². The van der Waals surface area contributed by atoms with Gasteiger partial charge in [0.15, 0.2) is 5.79 Å². The molecule has 3 rings (SSSR count). The highest BCUT2D eigenvalue weighted by molar-refractivity contribution is 8.14. The summed E-state index contributed by atoms with van der Waals surface area (Å²) in [5.74, 6) is -1.22. The fourth-order valence-corrected chi connectivity index (χ4v) is 4.57. The van der Waals surface area contributed by atoms with E-state index in [0.29, 0.717) is 18.6 Å². The third-order valence-electron chi connectivity index (χ3n) is 5.00. The van der Waals surface area contributed by atoms with Gasteiger partial charge in [0.1, 0.15) is 6.10 Å². The highest BCUT2D eigenvalue weighted by Crippen LogP contribution is 2.36. The number of carbonyl (C=O) groups excluding carboxylic acids is 2. The third kappa shape index (κ3) is 5.21. The normalized spacial score (nSPS) is 37.9. The number of fused-ring (bicyclic) bond motifs is 2. The van der Waals surface area contributed by atoms with Crippen LogP contribution in [0.5, 0.6) is 0 Å². The number of nitrogens with one attached hydrogen (secondary N) is 1. The van der Waals surface area contributed by atoms with Crippen molar-refractivity contribution in [2.45, 2.75) is 81.8 Å². The van der Waals surface area contributed by atoms with Gasteiger partial charge in [0.25, 0.3) is 5.24 Å². The molecule has 0 saturated carbocycles. The first kappa shape index (κ1) is 18.7. The van der Waals surface area contributed by atoms with Gasteiger partial charge in [0.2, 0.25) is 0 Å². The smallest absolute Gasteiger partial charge is 0.306 e. The predicted molar refractivity (Wildman–Crippen MR) is 95.2 cm³/mol. The average Bonchev–Trinajstić information content (AvgIpc) is 2.99. The zero-order valence-corrected chi connectivity index (χ0v) is 15.3. The molecule has 0 spiro atoms. The number of rotatable bonds is 1. The number of ether oxygens (including phenoxy) is 2. The van der Waals surface area contributed by atoms with Gasteiger partial charge in [0.05, 0.1) is 12.1 Å². The molecule has 0 aromatic carbocycles. The highest BCUT2D eigenvalue weighted by Gasteiger charge is 2.49. The summed E-state index contributed by atoms with van der Waals surface area (Å²) in [6.07, 6.45) is 10.6. The largest absolute Gasteiger partial charge is 0.462 e. The molecule has 4 atom stereocenters. The van der Waals surface area contributed by atoms with Crippen molar-refractivity contribution in [3.63, 3.8) is 0 Å². The van der Waals surface area contributed by atoms with Crippen molar-refractivity contribution in [1.29, 1.82) is 0 Å². The van der Waals surface area contributed by atoms with Gasteiger partial charge in [-0.2, -0.15) is 0 Å². The van der Waals surface area contributed by atoms with Crippen LogP contribution in [0.2, 0.25) is 0 Å². The van der Waals surface area contributed by atoms with Crippen molar-refractivity contribution in [1.82, 2.24) is 5.32 Å². The molecule has 1 unspecified atom stereocenters. The summed E-state index contributed by atoms with van der Waals surface area (Å²) >= 11 is 1.15. The van der Waals surface area contributed by atoms with Crippen molar-refractivity contribution in [2.75, 3.05) is 5.75 Å². The van der Waals surface area contributed by atoms with Crippen molar-refractivity contribution in [3.8, 4) is 0 Å². The second kappa shape index (κ2) is 8.56. The minimum atomic E-state index is -1.47. The van der Waals surface area contributed by atoms with Gasteiger partial charge in [-0.25, -0.2) is 0 Å². The van der Waals surface area contributed by atoms with Gasteiger partial charge in [-0.15, -0.1) is 0 Å². The number of aliphatic hydroxyl groups is 1. The Bertz CT molecular complexity index is 526. The Labute approximate surface area is 152 Å². The molecule has 0 radical (unpaired) electrons. The number of hydrogen-bond donors (Lipinski definition) is 2. The van der Waals surface area contributed by atoms with Crippen LogP contribution in [0.3, 0.4) is 0 Å². The molecule has 6 nitrogen and oxygen atoms in total. The second-order valence-corrected chi connectivity index (χ2v) is 8.07. The van der Waals surface area contributed by atoms with Crippen molar-refractivity contribution in [3.05, 3.63) is 12.2 Å². The van der Waals surface area contributed by atoms with Crippen LogP contribution in [-0.2, 0) is 14.3 Å². The monoisotopic (exact) mass is 369 g/mol. The van der Waals surface area contributed by atoms with Gasteiger partial charge >= 0.3 is 5.97 Å². The molecule has 3 aliphatic heterocycles. The third-order valence-corrected chi connectivity index (χ3v) is 5.88. The van der Waals surface area contributed by atoms with E-state index in [9.17, 15) is 14.7 Å². The lowest BCUT2D eigenvalue weighted by Crippen LogP contribution is -2.58. The second-order valence-electron chi connectivity index (χ2n) is 7.08. The molecule has 3 aliphatic rings. The first-order valence-corrected chi connectivity index (χ1v) is 10.2. The van der Waals surface area contributed by atoms with Gasteiger partial charge < -0.3 is 19.9 Å². The maximum Gasteiger partial charge on any atom is 0.306 e. The van der Waals surface area contributed by atoms with E-state index in [0.717, 1.165) is 50.3 Å². The van der Waals surface area contributed by atoms with Crippen LogP contribution in [0, 0.1) is 0 Å². The number of carbonyl (C=O) groups is 2. The van der Waals surface area contributed by atoms with Gasteiger partial charge in [-0.3, -0.25) is 9.59 Å². The van der Waals surface area contributed by atoms with Crippen LogP contribution in [0.25, 0.3) is 0 Å². The lowest BCUT2D eigenvalue weighted by atomic mass is 9.91. The topological polar surface area (TPSA) is 84.9 Å². The summed E-state index contributed by atoms with van der Waals surface area (Å²) in [6, 6.07) is -0.465. The standard InChI is InChI=1S/C18H27NO5S/c20-16-9-7-5-3-1-2-4-6-8-13-10-14(23-16)11-18(22,24-13)15-12-25-17(21)19-15/h1-2,13-15,22H,3-12H2,(H,19,21)/t13-,14-,15?,18-/m1/s1. The molecule has 3 heterocycles. The Kier molecular flexibility index (Phi) is 6.41. The number of amides is 1. The van der Waals surface area contributed by atoms with E-state index in [4.69, 9.17) is 9.47 Å². The van der Waals surface area contributed by atoms with E-state index in [-0.39, 0.29) is 29.8 Å². The maximum atomic E-state index is 12.1. The molecular formula is C18H27NO5S. The SMILES string of the molecule is O=C1CCCCC=CCCC[C@@H]2C[C@H](C[C@](O)(C3CSC(=O)N3)O2)O1. The maximum absolute atomic E-state index is 12.1. The Morgan fingerprint density at radius 1 is 1.16 bits per heavy atom. The summed E-state index contributed by atoms with van der Waals surface area (Å²) < 4.78 is 11.6. The van der Waals surface area contributed by atoms with E-state index >= 15 is 0 Å². The molecule has 0 aromatic rings. The van der Waals surface area contributed by atoms with Crippen LogP contribution < -0.4 is 5.32 Å². The van der Waals surface area contributed by atoms with E-state index in [2.05, 4.69) is 17.5 Å². The number of allylic oxidation sites excluding steroid dienone is 2. The van der Waals surface area contributed by atoms with Gasteiger partial charge in [-0.05, 0) is 38.5 Å². The highest BCUT2D eigenvalue weighted by atomic mass is 32.2. The van der Waals surface area contributed by atoms with Crippen LogP contribution in [0.1, 0.15) is 57.8 Å². The molecule has 2 saturated heterocycles. The lowest BCUT2D eigenvalue weighted by Gasteiger charge is -2.43. The summed E-state index contributed by atoms with van der Waals surface area (Å²) in [5, 5.41) is 13.6. The molecule has 2 N–H and O–H groups in total. The molecule has 0 aliphatic carbocycles. The van der Waals surface area contributed by atoms with Crippen molar-refractivity contribution >= 4 is 23.0 Å². The number of thioether (sulfide) groups is 1. The van der Waals surface area contributed by atoms with Crippen LogP contribution in [0.4, 0.5) is 4.79 Å². The first-order chi connectivity index (χ1) is 12.0. The van der Waals surface area contributed by atoms with E-state index in [1.165, 1.54) is 0 Å². The molecule has 2 bridgehead atoms. The molecule has 7 heteroatoms. The van der Waals surface area contributed by atoms with Crippen LogP contribution in [0.15, 0.2) is 12.2 Å². The molecule has 2 fully saturated rings. The average molecular weight is 369 g/mol. The van der Waals surface area contributed by atoms with Gasteiger partial charge in [-0.1, -0.05) is 23.9 Å². The fraction of sp³-hybridized carbons (Fsp3) is 0.778. The minimum Gasteiger partial charge on any atom is -0.462 e. The Morgan fingerprint density at radius 2 is 1.96 bits per heavy atom. The lowest BCUT2D eigenvalue weighted by molar-refractivity contribution is -0.284. The number of hydrogen-bond acceptors (Lipinski definition) is 6. The zero-order valence-electron chi connectivity index (χ0n) is 14.4. The summed E-state index contributed by atoms with van der Waals surface area (Å²) in [6.45, 7) is 0. The summed E-state index contributed by atoms with van der Waals surface area (Å²) in [7, 11) is 0. The molecular weight excluding hydrogens is 342 g/mol. The molecule has 0 aromatic heterocycles. The summed E-state index contributed by atoms with van der Waals surface area (Å²) in [4.78, 5) is 23.6. The Hall–Kier alpha value is -1.05. The zero-order chi connectivity index (χ0) is 17.7. The Balaban J connectivity index is 1.70. The van der Waals surface area contributed by atoms with E-state index in [1.807, 2.05) is 0 Å². The first-order valence-electron chi connectivity index (χ1n) is 9.23. The van der Waals surface area contributed by atoms with E-state index < -0.39 is 11.8 Å². The molecule has 1 amide bonds. The minimum absolute atomic E-state index is 0.148. The molecule has 140 valence electrons. The van der Waals surface area contributed by atoms with Crippen molar-refractivity contribution < 1.29 is 24.2 Å².